The fourth-order valence-electron chi connectivity index (χ4n) is 2.01. The molecule has 5 heteroatoms. The van der Waals surface area contributed by atoms with Gasteiger partial charge >= 0.3 is 5.97 Å². The van der Waals surface area contributed by atoms with E-state index in [0.717, 1.165) is 18.8 Å². The van der Waals surface area contributed by atoms with E-state index < -0.39 is 0 Å². The van der Waals surface area contributed by atoms with Crippen LogP contribution in [0.4, 0.5) is 0 Å². The summed E-state index contributed by atoms with van der Waals surface area (Å²) < 4.78 is 4.61. The van der Waals surface area contributed by atoms with Crippen LogP contribution in [0.5, 0.6) is 0 Å². The molecule has 0 bridgehead atoms. The zero-order chi connectivity index (χ0) is 11.4. The van der Waals surface area contributed by atoms with E-state index >= 15 is 0 Å². The zero-order valence-electron chi connectivity index (χ0n) is 9.45. The lowest BCUT2D eigenvalue weighted by Gasteiger charge is -2.22. The summed E-state index contributed by atoms with van der Waals surface area (Å²) in [5.74, 6) is 0.482. The summed E-state index contributed by atoms with van der Waals surface area (Å²) in [5.41, 5.74) is 0.424. The van der Waals surface area contributed by atoms with Crippen LogP contribution in [0, 0.1) is 0 Å². The molecule has 16 heavy (non-hydrogen) atoms. The minimum atomic E-state index is -0.365. The van der Waals surface area contributed by atoms with Gasteiger partial charge in [0, 0.05) is 12.5 Å². The van der Waals surface area contributed by atoms with Crippen molar-refractivity contribution in [2.45, 2.75) is 31.7 Å². The third-order valence-corrected chi connectivity index (χ3v) is 2.89. The quantitative estimate of drug-likeness (QED) is 0.746. The minimum absolute atomic E-state index is 0.365. The Balaban J connectivity index is 1.94. The van der Waals surface area contributed by atoms with Gasteiger partial charge in [0.2, 0.25) is 0 Å². The van der Waals surface area contributed by atoms with E-state index in [4.69, 9.17) is 0 Å². The molecule has 1 aromatic rings. The Kier molecular flexibility index (Phi) is 3.56. The number of aromatic amines is 1. The SMILES string of the molecule is COC(=O)c1cnc(CC2CCCCN2)[nH]1. The van der Waals surface area contributed by atoms with Crippen molar-refractivity contribution in [2.75, 3.05) is 13.7 Å². The van der Waals surface area contributed by atoms with Gasteiger partial charge < -0.3 is 15.0 Å². The van der Waals surface area contributed by atoms with Crippen molar-refractivity contribution in [1.29, 1.82) is 0 Å². The van der Waals surface area contributed by atoms with Crippen LogP contribution in [-0.4, -0.2) is 35.6 Å². The van der Waals surface area contributed by atoms with Gasteiger partial charge in [-0.05, 0) is 19.4 Å². The highest BCUT2D eigenvalue weighted by atomic mass is 16.5. The van der Waals surface area contributed by atoms with Gasteiger partial charge in [0.05, 0.1) is 13.3 Å². The summed E-state index contributed by atoms with van der Waals surface area (Å²) in [5, 5.41) is 3.44. The van der Waals surface area contributed by atoms with E-state index in [0.29, 0.717) is 11.7 Å². The molecular formula is C11H17N3O2. The number of carbonyl (C=O) groups is 1. The van der Waals surface area contributed by atoms with Gasteiger partial charge in [-0.3, -0.25) is 0 Å². The lowest BCUT2D eigenvalue weighted by molar-refractivity contribution is 0.0594. The zero-order valence-corrected chi connectivity index (χ0v) is 9.45. The molecule has 0 amide bonds. The van der Waals surface area contributed by atoms with Gasteiger partial charge in [0.25, 0.3) is 0 Å². The van der Waals surface area contributed by atoms with Crippen LogP contribution < -0.4 is 5.32 Å². The van der Waals surface area contributed by atoms with Crippen LogP contribution in [0.2, 0.25) is 0 Å². The normalized spacial score (nSPS) is 20.7. The summed E-state index contributed by atoms with van der Waals surface area (Å²) in [6.45, 7) is 1.08. The molecule has 5 nitrogen and oxygen atoms in total. The predicted molar refractivity (Wildman–Crippen MR) is 59.3 cm³/mol. The van der Waals surface area contributed by atoms with E-state index in [1.165, 1.54) is 32.6 Å². The minimum Gasteiger partial charge on any atom is -0.464 e. The van der Waals surface area contributed by atoms with Crippen molar-refractivity contribution < 1.29 is 9.53 Å². The number of nitrogens with one attached hydrogen (secondary N) is 2. The summed E-state index contributed by atoms with van der Waals surface area (Å²) in [7, 11) is 1.37. The maximum atomic E-state index is 11.2. The Hall–Kier alpha value is -1.36. The van der Waals surface area contributed by atoms with Crippen molar-refractivity contribution in [2.24, 2.45) is 0 Å². The summed E-state index contributed by atoms with van der Waals surface area (Å²) in [4.78, 5) is 18.4. The molecule has 2 heterocycles. The molecule has 0 aromatic carbocycles. The first-order valence-corrected chi connectivity index (χ1v) is 5.65. The Morgan fingerprint density at radius 3 is 3.19 bits per heavy atom. The van der Waals surface area contributed by atoms with Gasteiger partial charge in [-0.2, -0.15) is 0 Å². The molecule has 1 aliphatic rings. The van der Waals surface area contributed by atoms with Gasteiger partial charge in [-0.25, -0.2) is 9.78 Å². The average molecular weight is 223 g/mol. The molecule has 0 radical (unpaired) electrons. The fraction of sp³-hybridized carbons (Fsp3) is 0.636. The largest absolute Gasteiger partial charge is 0.464 e. The number of nitrogens with zero attached hydrogens (tertiary/aromatic N) is 1. The number of carbonyl (C=O) groups excluding carboxylic acids is 1. The lowest BCUT2D eigenvalue weighted by atomic mass is 10.0. The third-order valence-electron chi connectivity index (χ3n) is 2.89. The Labute approximate surface area is 94.6 Å². The molecule has 1 aliphatic heterocycles. The van der Waals surface area contributed by atoms with E-state index in [2.05, 4.69) is 20.0 Å². The molecular weight excluding hydrogens is 206 g/mol. The van der Waals surface area contributed by atoms with Crippen molar-refractivity contribution in [3.8, 4) is 0 Å². The number of hydrogen-bond acceptors (Lipinski definition) is 4. The maximum absolute atomic E-state index is 11.2. The highest BCUT2D eigenvalue weighted by Crippen LogP contribution is 2.11. The monoisotopic (exact) mass is 223 g/mol. The second-order valence-electron chi connectivity index (χ2n) is 4.09. The standard InChI is InChI=1S/C11H17N3O2/c1-16-11(15)9-7-13-10(14-9)6-8-4-2-3-5-12-8/h7-8,12H,2-6H2,1H3,(H,13,14). The van der Waals surface area contributed by atoms with Crippen molar-refractivity contribution in [3.63, 3.8) is 0 Å². The first kappa shape index (κ1) is 11.1. The molecule has 0 saturated carbocycles. The summed E-state index contributed by atoms with van der Waals surface area (Å²) >= 11 is 0. The van der Waals surface area contributed by atoms with Crippen molar-refractivity contribution in [3.05, 3.63) is 17.7 Å². The number of H-pyrrole nitrogens is 1. The molecule has 0 aliphatic carbocycles. The number of ether oxygens (including phenoxy) is 1. The third kappa shape index (κ3) is 2.61. The second kappa shape index (κ2) is 5.12. The predicted octanol–water partition coefficient (Wildman–Crippen LogP) is 0.881. The summed E-state index contributed by atoms with van der Waals surface area (Å²) in [6.07, 6.45) is 6.07. The van der Waals surface area contributed by atoms with Gasteiger partial charge in [-0.15, -0.1) is 0 Å². The van der Waals surface area contributed by atoms with Crippen molar-refractivity contribution >= 4 is 5.97 Å². The lowest BCUT2D eigenvalue weighted by Crippen LogP contribution is -2.35. The Morgan fingerprint density at radius 2 is 2.50 bits per heavy atom. The average Bonchev–Trinajstić information content (AvgIpc) is 2.78. The highest BCUT2D eigenvalue weighted by Gasteiger charge is 2.16. The molecule has 1 atom stereocenters. The van der Waals surface area contributed by atoms with Crippen LogP contribution in [-0.2, 0) is 11.2 Å². The van der Waals surface area contributed by atoms with E-state index in [1.807, 2.05) is 0 Å². The molecule has 1 aromatic heterocycles. The number of imidazole rings is 1. The first-order chi connectivity index (χ1) is 7.79. The number of piperidine rings is 1. The Bertz CT molecular complexity index is 356. The van der Waals surface area contributed by atoms with Crippen LogP contribution >= 0.6 is 0 Å². The van der Waals surface area contributed by atoms with Crippen LogP contribution in [0.1, 0.15) is 35.6 Å². The van der Waals surface area contributed by atoms with Gasteiger partial charge in [0.15, 0.2) is 0 Å². The van der Waals surface area contributed by atoms with Crippen LogP contribution in [0.25, 0.3) is 0 Å². The first-order valence-electron chi connectivity index (χ1n) is 5.65. The maximum Gasteiger partial charge on any atom is 0.356 e. The second-order valence-corrected chi connectivity index (χ2v) is 4.09. The van der Waals surface area contributed by atoms with E-state index in [9.17, 15) is 4.79 Å². The molecule has 1 saturated heterocycles. The molecule has 1 fully saturated rings. The number of rotatable bonds is 3. The fourth-order valence-corrected chi connectivity index (χ4v) is 2.01. The van der Waals surface area contributed by atoms with Gasteiger partial charge in [-0.1, -0.05) is 6.42 Å². The van der Waals surface area contributed by atoms with E-state index in [1.54, 1.807) is 0 Å². The van der Waals surface area contributed by atoms with Gasteiger partial charge in [0.1, 0.15) is 11.5 Å². The summed E-state index contributed by atoms with van der Waals surface area (Å²) in [6, 6.07) is 0.477. The number of esters is 1. The van der Waals surface area contributed by atoms with Crippen LogP contribution in [0.15, 0.2) is 6.20 Å². The van der Waals surface area contributed by atoms with E-state index in [-0.39, 0.29) is 5.97 Å². The smallest absolute Gasteiger partial charge is 0.356 e. The van der Waals surface area contributed by atoms with Crippen molar-refractivity contribution in [1.82, 2.24) is 15.3 Å². The molecule has 2 rings (SSSR count). The molecule has 2 N–H and O–H groups in total. The highest BCUT2D eigenvalue weighted by molar-refractivity contribution is 5.86. The molecule has 1 unspecified atom stereocenters. The topological polar surface area (TPSA) is 67.0 Å². The number of aromatic nitrogens is 2. The van der Waals surface area contributed by atoms with Crippen LogP contribution in [0.3, 0.4) is 0 Å². The number of methoxy groups -OCH3 is 1. The molecule has 0 spiro atoms. The Morgan fingerprint density at radius 1 is 1.62 bits per heavy atom. The number of hydrogen-bond donors (Lipinski definition) is 2. The molecule has 88 valence electrons.